The molecule has 0 bridgehead atoms. The average molecular weight is 441 g/mol. The van der Waals surface area contributed by atoms with E-state index in [1.54, 1.807) is 30.5 Å². The Morgan fingerprint density at radius 1 is 1.15 bits per heavy atom. The molecule has 4 rings (SSSR count). The van der Waals surface area contributed by atoms with Crippen molar-refractivity contribution in [1.29, 1.82) is 0 Å². The van der Waals surface area contributed by atoms with E-state index >= 15 is 0 Å². The Labute approximate surface area is 186 Å². The lowest BCUT2D eigenvalue weighted by Gasteiger charge is -2.10. The zero-order chi connectivity index (χ0) is 23.5. The third-order valence-electron chi connectivity index (χ3n) is 4.58. The molecule has 6 N–H and O–H groups in total. The number of primary amides is 2. The number of benzene rings is 2. The lowest BCUT2D eigenvalue weighted by atomic mass is 10.0. The third-order valence-corrected chi connectivity index (χ3v) is 4.58. The molecule has 0 aliphatic carbocycles. The number of urea groups is 1. The molecule has 0 aliphatic heterocycles. The number of azo groups is 1. The van der Waals surface area contributed by atoms with Crippen LogP contribution in [0.4, 0.5) is 27.7 Å². The largest absolute Gasteiger partial charge is 0.505 e. The topological polar surface area (TPSA) is 178 Å². The smallest absolute Gasteiger partial charge is 0.316 e. The second-order valence-electron chi connectivity index (χ2n) is 6.68. The highest BCUT2D eigenvalue weighted by Crippen LogP contribution is 2.41. The monoisotopic (exact) mass is 441 g/mol. The number of fused-ring (bicyclic) bond motifs is 1. The van der Waals surface area contributed by atoms with Gasteiger partial charge in [-0.1, -0.05) is 6.07 Å². The van der Waals surface area contributed by atoms with Crippen molar-refractivity contribution in [3.8, 4) is 11.6 Å². The van der Waals surface area contributed by atoms with E-state index in [1.807, 2.05) is 0 Å². The molecular formula is C21H15N9O3. The number of phenols is 1. The Balaban J connectivity index is 1.90. The highest BCUT2D eigenvalue weighted by molar-refractivity contribution is 6.07. The van der Waals surface area contributed by atoms with Crippen LogP contribution in [0.25, 0.3) is 21.4 Å². The van der Waals surface area contributed by atoms with Crippen molar-refractivity contribution in [2.24, 2.45) is 21.7 Å². The SMILES string of the molecule is [C-]#[N+]c1cnn(-c2ccccn2)c1N=Nc1c(O)c(C(N)=O)cc2cc(NC(N)=O)ccc12. The molecule has 0 saturated heterocycles. The fourth-order valence-electron chi connectivity index (χ4n) is 3.14. The molecule has 162 valence electrons. The first kappa shape index (κ1) is 20.9. The highest BCUT2D eigenvalue weighted by Gasteiger charge is 2.18. The number of amides is 3. The van der Waals surface area contributed by atoms with E-state index in [0.717, 1.165) is 0 Å². The fourth-order valence-corrected chi connectivity index (χ4v) is 3.14. The molecule has 2 aromatic carbocycles. The maximum Gasteiger partial charge on any atom is 0.316 e. The number of rotatable bonds is 5. The molecule has 0 unspecified atom stereocenters. The van der Waals surface area contributed by atoms with E-state index in [-0.39, 0.29) is 22.8 Å². The van der Waals surface area contributed by atoms with E-state index in [4.69, 9.17) is 18.0 Å². The lowest BCUT2D eigenvalue weighted by Crippen LogP contribution is -2.19. The molecule has 2 aromatic heterocycles. The molecular weight excluding hydrogens is 426 g/mol. The van der Waals surface area contributed by atoms with Crippen LogP contribution < -0.4 is 16.8 Å². The number of anilines is 1. The summed E-state index contributed by atoms with van der Waals surface area (Å²) in [6, 6.07) is 10.4. The van der Waals surface area contributed by atoms with Crippen molar-refractivity contribution < 1.29 is 14.7 Å². The molecule has 33 heavy (non-hydrogen) atoms. The minimum atomic E-state index is -0.889. The minimum Gasteiger partial charge on any atom is -0.505 e. The Kier molecular flexibility index (Phi) is 5.35. The molecule has 12 heteroatoms. The number of hydrogen-bond acceptors (Lipinski definition) is 7. The summed E-state index contributed by atoms with van der Waals surface area (Å²) in [6.07, 6.45) is 2.87. The molecule has 0 atom stereocenters. The lowest BCUT2D eigenvalue weighted by molar-refractivity contribution is 0.0998. The van der Waals surface area contributed by atoms with Crippen LogP contribution in [0.1, 0.15) is 10.4 Å². The zero-order valence-electron chi connectivity index (χ0n) is 16.8. The van der Waals surface area contributed by atoms with Crippen molar-refractivity contribution in [3.63, 3.8) is 0 Å². The van der Waals surface area contributed by atoms with Crippen molar-refractivity contribution >= 4 is 45.6 Å². The number of nitrogens with zero attached hydrogens (tertiary/aromatic N) is 6. The standard InChI is InChI=1S/C21H15N9O3/c1-24-15-10-26-30(16-4-2-3-7-25-16)20(15)29-28-17-13-6-5-12(27-21(23)33)8-11(13)9-14(18(17)31)19(22)32/h2-10,31H,(H2,22,32)(H3,23,27,33). The maximum absolute atomic E-state index is 11.9. The van der Waals surface area contributed by atoms with Gasteiger partial charge in [0.05, 0.1) is 18.3 Å². The maximum atomic E-state index is 11.9. The predicted octanol–water partition coefficient (Wildman–Crippen LogP) is 3.68. The zero-order valence-corrected chi connectivity index (χ0v) is 16.8. The van der Waals surface area contributed by atoms with E-state index in [0.29, 0.717) is 22.3 Å². The number of hydrogen-bond donors (Lipinski definition) is 4. The summed E-state index contributed by atoms with van der Waals surface area (Å²) < 4.78 is 1.32. The third kappa shape index (κ3) is 4.01. The number of carbonyl (C=O) groups excluding carboxylic acids is 2. The number of aromatic nitrogens is 3. The summed E-state index contributed by atoms with van der Waals surface area (Å²) in [5.74, 6) is -0.890. The van der Waals surface area contributed by atoms with Gasteiger partial charge in [0, 0.05) is 17.3 Å². The number of carbonyl (C=O) groups is 2. The van der Waals surface area contributed by atoms with Gasteiger partial charge in [-0.05, 0) is 41.8 Å². The van der Waals surface area contributed by atoms with E-state index < -0.39 is 17.7 Å². The van der Waals surface area contributed by atoms with Gasteiger partial charge >= 0.3 is 6.03 Å². The van der Waals surface area contributed by atoms with Crippen LogP contribution in [-0.2, 0) is 0 Å². The summed E-state index contributed by atoms with van der Waals surface area (Å²) in [4.78, 5) is 30.6. The van der Waals surface area contributed by atoms with Gasteiger partial charge in [0.2, 0.25) is 0 Å². The molecule has 2 heterocycles. The van der Waals surface area contributed by atoms with Crippen molar-refractivity contribution in [3.05, 3.63) is 71.8 Å². The Bertz CT molecular complexity index is 1470. The van der Waals surface area contributed by atoms with Gasteiger partial charge in [-0.15, -0.1) is 10.2 Å². The van der Waals surface area contributed by atoms with Crippen LogP contribution in [0.15, 0.2) is 65.1 Å². The molecule has 12 nitrogen and oxygen atoms in total. The number of nitrogens with one attached hydrogen (secondary N) is 1. The molecule has 0 spiro atoms. The number of aromatic hydroxyl groups is 1. The molecule has 3 amide bonds. The van der Waals surface area contributed by atoms with E-state index in [1.165, 1.54) is 29.1 Å². The van der Waals surface area contributed by atoms with E-state index in [9.17, 15) is 14.7 Å². The van der Waals surface area contributed by atoms with Crippen LogP contribution >= 0.6 is 0 Å². The average Bonchev–Trinajstić information content (AvgIpc) is 3.21. The number of pyridine rings is 1. The van der Waals surface area contributed by atoms with E-state index in [2.05, 4.69) is 30.5 Å². The van der Waals surface area contributed by atoms with Gasteiger partial charge in [0.1, 0.15) is 5.69 Å². The Morgan fingerprint density at radius 3 is 2.64 bits per heavy atom. The fraction of sp³-hybridized carbons (Fsp3) is 0. The first-order valence-corrected chi connectivity index (χ1v) is 9.33. The van der Waals surface area contributed by atoms with Gasteiger partial charge in [-0.25, -0.2) is 19.3 Å². The van der Waals surface area contributed by atoms with Crippen molar-refractivity contribution in [2.75, 3.05) is 5.32 Å². The highest BCUT2D eigenvalue weighted by atomic mass is 16.3. The quantitative estimate of drug-likeness (QED) is 0.272. The van der Waals surface area contributed by atoms with Crippen molar-refractivity contribution in [2.45, 2.75) is 0 Å². The Morgan fingerprint density at radius 2 is 1.97 bits per heavy atom. The second kappa shape index (κ2) is 8.44. The summed E-state index contributed by atoms with van der Waals surface area (Å²) in [7, 11) is 0. The van der Waals surface area contributed by atoms with Gasteiger partial charge in [-0.3, -0.25) is 4.79 Å². The van der Waals surface area contributed by atoms with Crippen LogP contribution in [-0.4, -0.2) is 31.8 Å². The van der Waals surface area contributed by atoms with Crippen LogP contribution in [0, 0.1) is 6.57 Å². The summed E-state index contributed by atoms with van der Waals surface area (Å²) in [6.45, 7) is 7.38. The van der Waals surface area contributed by atoms with Crippen LogP contribution in [0.3, 0.4) is 0 Å². The molecule has 0 fully saturated rings. The number of nitrogens with two attached hydrogens (primary N) is 2. The first-order valence-electron chi connectivity index (χ1n) is 9.33. The molecule has 4 aromatic rings. The molecule has 0 saturated carbocycles. The summed E-state index contributed by atoms with van der Waals surface area (Å²) in [5, 5.41) is 26.3. The second-order valence-corrected chi connectivity index (χ2v) is 6.68. The van der Waals surface area contributed by atoms with Crippen molar-refractivity contribution in [1.82, 2.24) is 14.8 Å². The van der Waals surface area contributed by atoms with Gasteiger partial charge < -0.3 is 21.9 Å². The van der Waals surface area contributed by atoms with Crippen LogP contribution in [0.2, 0.25) is 0 Å². The predicted molar refractivity (Wildman–Crippen MR) is 119 cm³/mol. The van der Waals surface area contributed by atoms with Crippen LogP contribution in [0.5, 0.6) is 5.75 Å². The minimum absolute atomic E-state index is 0.0587. The van der Waals surface area contributed by atoms with Gasteiger partial charge in [0.25, 0.3) is 11.6 Å². The first-order chi connectivity index (χ1) is 15.9. The van der Waals surface area contributed by atoms with Gasteiger partial charge in [-0.2, -0.15) is 5.10 Å². The summed E-state index contributed by atoms with van der Waals surface area (Å²) in [5.41, 5.74) is 10.8. The molecule has 0 aliphatic rings. The Hall–Kier alpha value is -5.31. The van der Waals surface area contributed by atoms with Gasteiger partial charge in [0.15, 0.2) is 17.4 Å². The summed E-state index contributed by atoms with van der Waals surface area (Å²) >= 11 is 0. The molecule has 0 radical (unpaired) electrons. The normalized spacial score (nSPS) is 10.9.